The molecule has 0 rings (SSSR count). The molecule has 0 unspecified atom stereocenters. The van der Waals surface area contributed by atoms with E-state index in [-0.39, 0.29) is 24.9 Å². The molecule has 5 nitrogen and oxygen atoms in total. The summed E-state index contributed by atoms with van der Waals surface area (Å²) >= 11 is 0. The zero-order chi connectivity index (χ0) is 14.2. The van der Waals surface area contributed by atoms with Crippen molar-refractivity contribution in [3.8, 4) is 0 Å². The van der Waals surface area contributed by atoms with Crippen molar-refractivity contribution in [3.05, 3.63) is 0 Å². The highest BCUT2D eigenvalue weighted by atomic mass is 32.2. The maximum absolute atomic E-state index is 11.6. The van der Waals surface area contributed by atoms with Crippen LogP contribution in [0.5, 0.6) is 0 Å². The van der Waals surface area contributed by atoms with Crippen molar-refractivity contribution in [1.82, 2.24) is 9.62 Å². The minimum atomic E-state index is -3.22. The summed E-state index contributed by atoms with van der Waals surface area (Å²) < 4.78 is 24.5. The monoisotopic (exact) mass is 278 g/mol. The minimum absolute atomic E-state index is 0.0873. The van der Waals surface area contributed by atoms with Gasteiger partial charge in [0.1, 0.15) is 0 Å². The molecule has 108 valence electrons. The Kier molecular flexibility index (Phi) is 8.18. The minimum Gasteiger partial charge on any atom is -0.354 e. The van der Waals surface area contributed by atoms with Crippen LogP contribution in [0.25, 0.3) is 0 Å². The highest BCUT2D eigenvalue weighted by Crippen LogP contribution is 2.04. The van der Waals surface area contributed by atoms with Gasteiger partial charge in [-0.3, -0.25) is 4.79 Å². The molecule has 0 heterocycles. The summed E-state index contributed by atoms with van der Waals surface area (Å²) in [5, 5.41) is 2.76. The summed E-state index contributed by atoms with van der Waals surface area (Å²) in [4.78, 5) is 11.5. The van der Waals surface area contributed by atoms with E-state index >= 15 is 0 Å². The Hall–Kier alpha value is -0.620. The summed E-state index contributed by atoms with van der Waals surface area (Å²) in [6, 6.07) is 0.0873. The van der Waals surface area contributed by atoms with E-state index in [1.165, 1.54) is 10.6 Å². The number of nitrogens with zero attached hydrogens (tertiary/aromatic N) is 1. The van der Waals surface area contributed by atoms with Crippen molar-refractivity contribution in [1.29, 1.82) is 0 Å². The van der Waals surface area contributed by atoms with Crippen molar-refractivity contribution < 1.29 is 13.2 Å². The first-order valence-electron chi connectivity index (χ1n) is 6.51. The van der Waals surface area contributed by atoms with Crippen LogP contribution in [0.4, 0.5) is 0 Å². The smallest absolute Gasteiger partial charge is 0.221 e. The summed E-state index contributed by atoms with van der Waals surface area (Å²) in [7, 11) is -3.22. The summed E-state index contributed by atoms with van der Waals surface area (Å²) in [5.41, 5.74) is 0. The van der Waals surface area contributed by atoms with E-state index in [4.69, 9.17) is 0 Å². The molecule has 0 saturated heterocycles. The van der Waals surface area contributed by atoms with E-state index in [2.05, 4.69) is 12.2 Å². The zero-order valence-electron chi connectivity index (χ0n) is 11.9. The lowest BCUT2D eigenvalue weighted by Crippen LogP contribution is -2.37. The topological polar surface area (TPSA) is 66.5 Å². The molecule has 0 aromatic heterocycles. The van der Waals surface area contributed by atoms with Gasteiger partial charge in [-0.1, -0.05) is 19.8 Å². The molecule has 18 heavy (non-hydrogen) atoms. The first-order valence-corrected chi connectivity index (χ1v) is 8.36. The van der Waals surface area contributed by atoms with Crippen molar-refractivity contribution in [2.75, 3.05) is 19.3 Å². The number of sulfonamides is 1. The summed E-state index contributed by atoms with van der Waals surface area (Å²) in [6.45, 7) is 6.60. The Balaban J connectivity index is 4.22. The molecule has 0 spiro atoms. The lowest BCUT2D eigenvalue weighted by Gasteiger charge is -2.19. The van der Waals surface area contributed by atoms with Gasteiger partial charge in [-0.25, -0.2) is 12.7 Å². The van der Waals surface area contributed by atoms with Crippen LogP contribution in [-0.4, -0.2) is 44.0 Å². The van der Waals surface area contributed by atoms with Gasteiger partial charge in [-0.05, 0) is 20.3 Å². The number of hydrogen-bond acceptors (Lipinski definition) is 3. The van der Waals surface area contributed by atoms with Crippen LogP contribution in [0.1, 0.15) is 46.5 Å². The van der Waals surface area contributed by atoms with Crippen LogP contribution in [0.15, 0.2) is 0 Å². The molecule has 1 N–H and O–H groups in total. The van der Waals surface area contributed by atoms with Gasteiger partial charge >= 0.3 is 0 Å². The second-order valence-corrected chi connectivity index (χ2v) is 6.82. The fourth-order valence-electron chi connectivity index (χ4n) is 1.60. The normalized spacial score (nSPS) is 12.1. The van der Waals surface area contributed by atoms with E-state index < -0.39 is 10.0 Å². The van der Waals surface area contributed by atoms with E-state index in [1.807, 2.05) is 13.8 Å². The third-order valence-corrected chi connectivity index (χ3v) is 3.82. The van der Waals surface area contributed by atoms with Gasteiger partial charge in [-0.2, -0.15) is 0 Å². The van der Waals surface area contributed by atoms with Crippen molar-refractivity contribution in [3.63, 3.8) is 0 Å². The van der Waals surface area contributed by atoms with E-state index in [9.17, 15) is 13.2 Å². The predicted octanol–water partition coefficient (Wildman–Crippen LogP) is 1.35. The Morgan fingerprint density at radius 3 is 2.28 bits per heavy atom. The molecule has 0 saturated carbocycles. The SMILES string of the molecule is CCCCCN(CCC(=O)NC(C)C)S(C)(=O)=O. The van der Waals surface area contributed by atoms with E-state index in [1.54, 1.807) is 0 Å². The number of hydrogen-bond donors (Lipinski definition) is 1. The quantitative estimate of drug-likeness (QED) is 0.647. The molecule has 0 aromatic rings. The second kappa shape index (κ2) is 8.48. The maximum Gasteiger partial charge on any atom is 0.221 e. The van der Waals surface area contributed by atoms with Crippen molar-refractivity contribution >= 4 is 15.9 Å². The van der Waals surface area contributed by atoms with Gasteiger partial charge < -0.3 is 5.32 Å². The predicted molar refractivity (Wildman–Crippen MR) is 73.8 cm³/mol. The number of nitrogens with one attached hydrogen (secondary N) is 1. The van der Waals surface area contributed by atoms with Crippen LogP contribution in [0.2, 0.25) is 0 Å². The molecule has 0 atom stereocenters. The fraction of sp³-hybridized carbons (Fsp3) is 0.917. The van der Waals surface area contributed by atoms with Crippen molar-refractivity contribution in [2.45, 2.75) is 52.5 Å². The van der Waals surface area contributed by atoms with Gasteiger partial charge in [-0.15, -0.1) is 0 Å². The third-order valence-electron chi connectivity index (χ3n) is 2.52. The summed E-state index contributed by atoms with van der Waals surface area (Å²) in [5.74, 6) is -0.103. The van der Waals surface area contributed by atoms with E-state index in [0.29, 0.717) is 6.54 Å². The van der Waals surface area contributed by atoms with Crippen molar-refractivity contribution in [2.24, 2.45) is 0 Å². The third kappa shape index (κ3) is 8.47. The van der Waals surface area contributed by atoms with Gasteiger partial charge in [0.15, 0.2) is 0 Å². The molecular weight excluding hydrogens is 252 g/mol. The van der Waals surface area contributed by atoms with Crippen LogP contribution >= 0.6 is 0 Å². The van der Waals surface area contributed by atoms with Gasteiger partial charge in [0.05, 0.1) is 6.26 Å². The molecule has 0 fully saturated rings. The molecule has 0 aliphatic rings. The molecular formula is C12H26N2O3S. The van der Waals surface area contributed by atoms with Gasteiger partial charge in [0, 0.05) is 25.6 Å². The number of carbonyl (C=O) groups is 1. The average Bonchev–Trinajstić information content (AvgIpc) is 2.20. The molecule has 6 heteroatoms. The number of amides is 1. The van der Waals surface area contributed by atoms with Gasteiger partial charge in [0.2, 0.25) is 15.9 Å². The Labute approximate surface area is 111 Å². The molecule has 0 aliphatic heterocycles. The molecule has 1 amide bonds. The Bertz CT molecular complexity index is 339. The first-order chi connectivity index (χ1) is 8.27. The second-order valence-electron chi connectivity index (χ2n) is 4.84. The van der Waals surface area contributed by atoms with Crippen LogP contribution in [0, 0.1) is 0 Å². The highest BCUT2D eigenvalue weighted by Gasteiger charge is 2.17. The van der Waals surface area contributed by atoms with E-state index in [0.717, 1.165) is 19.3 Å². The largest absolute Gasteiger partial charge is 0.354 e. The number of rotatable bonds is 9. The molecule has 0 radical (unpaired) electrons. The Morgan fingerprint density at radius 1 is 1.22 bits per heavy atom. The molecule has 0 aromatic carbocycles. The Morgan fingerprint density at radius 2 is 1.83 bits per heavy atom. The lowest BCUT2D eigenvalue weighted by atomic mass is 10.2. The lowest BCUT2D eigenvalue weighted by molar-refractivity contribution is -0.121. The maximum atomic E-state index is 11.6. The van der Waals surface area contributed by atoms with Crippen LogP contribution < -0.4 is 5.32 Å². The zero-order valence-corrected chi connectivity index (χ0v) is 12.7. The van der Waals surface area contributed by atoms with Gasteiger partial charge in [0.25, 0.3) is 0 Å². The number of carbonyl (C=O) groups excluding carboxylic acids is 1. The molecule has 0 bridgehead atoms. The molecule has 0 aliphatic carbocycles. The summed E-state index contributed by atoms with van der Waals surface area (Å²) in [6.07, 6.45) is 4.31. The van der Waals surface area contributed by atoms with Crippen LogP contribution in [-0.2, 0) is 14.8 Å². The van der Waals surface area contributed by atoms with Crippen LogP contribution in [0.3, 0.4) is 0 Å². The fourth-order valence-corrected chi connectivity index (χ4v) is 2.49. The average molecular weight is 278 g/mol. The first kappa shape index (κ1) is 17.4. The number of unbranched alkanes of at least 4 members (excludes halogenated alkanes) is 2. The standard InChI is InChI=1S/C12H26N2O3S/c1-5-6-7-9-14(18(4,16)17)10-8-12(15)13-11(2)3/h11H,5-10H2,1-4H3,(H,13,15). The highest BCUT2D eigenvalue weighted by molar-refractivity contribution is 7.88.